The second-order valence-corrected chi connectivity index (χ2v) is 7.16. The average Bonchev–Trinajstić information content (AvgIpc) is 2.93. The van der Waals surface area contributed by atoms with E-state index in [2.05, 4.69) is 0 Å². The Morgan fingerprint density at radius 1 is 0.963 bits per heavy atom. The summed E-state index contributed by atoms with van der Waals surface area (Å²) in [7, 11) is 1.91. The minimum absolute atomic E-state index is 0.0464. The molecular weight excluding hydrogens is 338 g/mol. The molecule has 1 aromatic heterocycles. The van der Waals surface area contributed by atoms with Crippen molar-refractivity contribution in [1.82, 2.24) is 9.47 Å². The Labute approximate surface area is 158 Å². The standard InChI is InChI=1S/C22H23N3O2/c1-15-8-10-17(11-9-15)25-13-12-24(14-20(25)26)22(27)21-16(2)18-6-4-5-7-19(18)23(21)3/h4-11H,12-14H2,1-3H3. The molecule has 2 amide bonds. The van der Waals surface area contributed by atoms with Crippen molar-refractivity contribution >= 4 is 28.4 Å². The first-order valence-corrected chi connectivity index (χ1v) is 9.17. The molecule has 0 bridgehead atoms. The maximum Gasteiger partial charge on any atom is 0.271 e. The van der Waals surface area contributed by atoms with Crippen molar-refractivity contribution in [3.8, 4) is 0 Å². The average molecular weight is 361 g/mol. The molecule has 0 saturated carbocycles. The van der Waals surface area contributed by atoms with Crippen molar-refractivity contribution in [2.45, 2.75) is 13.8 Å². The highest BCUT2D eigenvalue weighted by atomic mass is 16.2. The van der Waals surface area contributed by atoms with Crippen LogP contribution in [0.2, 0.25) is 0 Å². The Balaban J connectivity index is 1.58. The summed E-state index contributed by atoms with van der Waals surface area (Å²) in [6.45, 7) is 5.14. The fourth-order valence-electron chi connectivity index (χ4n) is 3.88. The molecule has 0 radical (unpaired) electrons. The zero-order chi connectivity index (χ0) is 19.1. The number of fused-ring (bicyclic) bond motifs is 1. The van der Waals surface area contributed by atoms with Gasteiger partial charge in [0.2, 0.25) is 5.91 Å². The van der Waals surface area contributed by atoms with Crippen molar-refractivity contribution < 1.29 is 9.59 Å². The lowest BCUT2D eigenvalue weighted by Gasteiger charge is -2.34. The molecule has 3 aromatic rings. The first kappa shape index (κ1) is 17.3. The maximum atomic E-state index is 13.2. The summed E-state index contributed by atoms with van der Waals surface area (Å²) in [5.74, 6) is -0.127. The van der Waals surface area contributed by atoms with Gasteiger partial charge in [0, 0.05) is 36.7 Å². The highest BCUT2D eigenvalue weighted by Gasteiger charge is 2.31. The summed E-state index contributed by atoms with van der Waals surface area (Å²) in [4.78, 5) is 29.3. The van der Waals surface area contributed by atoms with E-state index in [1.54, 1.807) is 9.80 Å². The smallest absolute Gasteiger partial charge is 0.271 e. The zero-order valence-corrected chi connectivity index (χ0v) is 15.9. The molecule has 1 aliphatic rings. The second-order valence-electron chi connectivity index (χ2n) is 7.16. The molecule has 0 atom stereocenters. The molecule has 0 unspecified atom stereocenters. The first-order chi connectivity index (χ1) is 13.0. The van der Waals surface area contributed by atoms with Crippen LogP contribution in [0.1, 0.15) is 21.6 Å². The van der Waals surface area contributed by atoms with Gasteiger partial charge in [-0.05, 0) is 37.6 Å². The van der Waals surface area contributed by atoms with Crippen molar-refractivity contribution in [2.75, 3.05) is 24.5 Å². The first-order valence-electron chi connectivity index (χ1n) is 9.17. The van der Waals surface area contributed by atoms with Crippen LogP contribution in [-0.4, -0.2) is 40.9 Å². The third kappa shape index (κ3) is 2.89. The van der Waals surface area contributed by atoms with E-state index in [-0.39, 0.29) is 18.4 Å². The van der Waals surface area contributed by atoms with Crippen LogP contribution in [0, 0.1) is 13.8 Å². The van der Waals surface area contributed by atoms with Crippen LogP contribution in [0.5, 0.6) is 0 Å². The molecule has 138 valence electrons. The normalized spacial score (nSPS) is 14.9. The van der Waals surface area contributed by atoms with Crippen LogP contribution >= 0.6 is 0 Å². The molecule has 1 fully saturated rings. The molecule has 0 spiro atoms. The zero-order valence-electron chi connectivity index (χ0n) is 15.9. The minimum atomic E-state index is -0.0805. The highest BCUT2D eigenvalue weighted by Crippen LogP contribution is 2.26. The molecule has 2 aromatic carbocycles. The van der Waals surface area contributed by atoms with Crippen molar-refractivity contribution in [2.24, 2.45) is 7.05 Å². The second kappa shape index (κ2) is 6.58. The summed E-state index contributed by atoms with van der Waals surface area (Å²) < 4.78 is 1.93. The third-order valence-electron chi connectivity index (χ3n) is 5.42. The number of hydrogen-bond donors (Lipinski definition) is 0. The topological polar surface area (TPSA) is 45.5 Å². The number of hydrogen-bond acceptors (Lipinski definition) is 2. The van der Waals surface area contributed by atoms with Crippen LogP contribution in [0.3, 0.4) is 0 Å². The summed E-state index contributed by atoms with van der Waals surface area (Å²) >= 11 is 0. The monoisotopic (exact) mass is 361 g/mol. The predicted octanol–water partition coefficient (Wildman–Crippen LogP) is 3.28. The van der Waals surface area contributed by atoms with Gasteiger partial charge in [-0.3, -0.25) is 9.59 Å². The van der Waals surface area contributed by atoms with E-state index >= 15 is 0 Å². The number of rotatable bonds is 2. The third-order valence-corrected chi connectivity index (χ3v) is 5.42. The molecule has 1 aliphatic heterocycles. The number of benzene rings is 2. The Bertz CT molecular complexity index is 995. The van der Waals surface area contributed by atoms with Gasteiger partial charge < -0.3 is 14.4 Å². The van der Waals surface area contributed by atoms with Gasteiger partial charge in [0.15, 0.2) is 0 Å². The van der Waals surface area contributed by atoms with Gasteiger partial charge in [-0.25, -0.2) is 0 Å². The largest absolute Gasteiger partial charge is 0.339 e. The van der Waals surface area contributed by atoms with E-state index in [0.717, 1.165) is 27.7 Å². The van der Waals surface area contributed by atoms with Gasteiger partial charge in [0.1, 0.15) is 12.2 Å². The van der Waals surface area contributed by atoms with Crippen LogP contribution in [-0.2, 0) is 11.8 Å². The number of nitrogens with zero attached hydrogens (tertiary/aromatic N) is 3. The van der Waals surface area contributed by atoms with E-state index < -0.39 is 0 Å². The Hall–Kier alpha value is -3.08. The maximum absolute atomic E-state index is 13.2. The van der Waals surface area contributed by atoms with E-state index in [1.807, 2.05) is 74.0 Å². The number of para-hydroxylation sites is 1. The van der Waals surface area contributed by atoms with Crippen LogP contribution < -0.4 is 4.90 Å². The lowest BCUT2D eigenvalue weighted by molar-refractivity contribution is -0.120. The SMILES string of the molecule is Cc1ccc(N2CCN(C(=O)c3c(C)c4ccccc4n3C)CC2=O)cc1. The van der Waals surface area contributed by atoms with Crippen molar-refractivity contribution in [3.63, 3.8) is 0 Å². The summed E-state index contributed by atoms with van der Waals surface area (Å²) in [6, 6.07) is 15.9. The van der Waals surface area contributed by atoms with Gasteiger partial charge in [-0.1, -0.05) is 35.9 Å². The van der Waals surface area contributed by atoms with Gasteiger partial charge in [0.05, 0.1) is 0 Å². The number of carbonyl (C=O) groups is 2. The number of carbonyl (C=O) groups excluding carboxylic acids is 2. The molecule has 0 N–H and O–H groups in total. The predicted molar refractivity (Wildman–Crippen MR) is 107 cm³/mol. The summed E-state index contributed by atoms with van der Waals surface area (Å²) in [6.07, 6.45) is 0. The van der Waals surface area contributed by atoms with Crippen LogP contribution in [0.4, 0.5) is 5.69 Å². The summed E-state index contributed by atoms with van der Waals surface area (Å²) in [5.41, 5.74) is 4.70. The molecule has 27 heavy (non-hydrogen) atoms. The van der Waals surface area contributed by atoms with Gasteiger partial charge in [-0.15, -0.1) is 0 Å². The van der Waals surface area contributed by atoms with Crippen molar-refractivity contribution in [3.05, 3.63) is 65.4 Å². The lowest BCUT2D eigenvalue weighted by atomic mass is 10.1. The summed E-state index contributed by atoms with van der Waals surface area (Å²) in [5, 5.41) is 1.08. The number of piperazine rings is 1. The molecular formula is C22H23N3O2. The van der Waals surface area contributed by atoms with E-state index in [1.165, 1.54) is 0 Å². The molecule has 5 heteroatoms. The van der Waals surface area contributed by atoms with Crippen molar-refractivity contribution in [1.29, 1.82) is 0 Å². The van der Waals surface area contributed by atoms with Gasteiger partial charge >= 0.3 is 0 Å². The number of amides is 2. The van der Waals surface area contributed by atoms with E-state index in [4.69, 9.17) is 0 Å². The van der Waals surface area contributed by atoms with Gasteiger partial charge in [0.25, 0.3) is 5.91 Å². The molecule has 2 heterocycles. The molecule has 4 rings (SSSR count). The minimum Gasteiger partial charge on any atom is -0.339 e. The Kier molecular flexibility index (Phi) is 4.22. The van der Waals surface area contributed by atoms with Crippen LogP contribution in [0.25, 0.3) is 10.9 Å². The van der Waals surface area contributed by atoms with Crippen LogP contribution in [0.15, 0.2) is 48.5 Å². The number of anilines is 1. The molecule has 1 saturated heterocycles. The van der Waals surface area contributed by atoms with E-state index in [9.17, 15) is 9.59 Å². The fraction of sp³-hybridized carbons (Fsp3) is 0.273. The Morgan fingerprint density at radius 2 is 1.67 bits per heavy atom. The number of aromatic nitrogens is 1. The fourth-order valence-corrected chi connectivity index (χ4v) is 3.88. The van der Waals surface area contributed by atoms with E-state index in [0.29, 0.717) is 18.8 Å². The number of aryl methyl sites for hydroxylation is 3. The molecule has 5 nitrogen and oxygen atoms in total. The Morgan fingerprint density at radius 3 is 2.33 bits per heavy atom. The highest BCUT2D eigenvalue weighted by molar-refractivity contribution is 6.05. The molecule has 0 aliphatic carbocycles. The van der Waals surface area contributed by atoms with Gasteiger partial charge in [-0.2, -0.15) is 0 Å². The lowest BCUT2D eigenvalue weighted by Crippen LogP contribution is -2.52. The quantitative estimate of drug-likeness (QED) is 0.703.